The fraction of sp³-hybridized carbons (Fsp3) is 0.143. The van der Waals surface area contributed by atoms with Crippen molar-refractivity contribution < 1.29 is 9.84 Å². The number of ether oxygens (including phenoxy) is 1. The molecule has 0 aliphatic heterocycles. The van der Waals surface area contributed by atoms with Crippen molar-refractivity contribution in [3.63, 3.8) is 0 Å². The fourth-order valence-electron chi connectivity index (χ4n) is 2.59. The van der Waals surface area contributed by atoms with Gasteiger partial charge in [-0.2, -0.15) is 0 Å². The van der Waals surface area contributed by atoms with Crippen molar-refractivity contribution in [1.82, 2.24) is 0 Å². The molecular weight excluding hydrogens is 298 g/mol. The normalized spacial score (nSPS) is 11.9. The molecule has 3 rings (SSSR count). The first-order chi connectivity index (χ1) is 11.7. The minimum Gasteiger partial charge on any atom is -0.489 e. The van der Waals surface area contributed by atoms with Crippen molar-refractivity contribution in [3.8, 4) is 5.75 Å². The highest BCUT2D eigenvalue weighted by Crippen LogP contribution is 2.25. The second-order valence-electron chi connectivity index (χ2n) is 5.77. The highest BCUT2D eigenvalue weighted by molar-refractivity contribution is 5.52. The molecule has 3 aromatic rings. The van der Waals surface area contributed by atoms with Crippen LogP contribution in [0, 0.1) is 0 Å². The molecule has 3 N–H and O–H groups in total. The molecule has 3 aromatic carbocycles. The number of aliphatic hydroxyl groups excluding tert-OH is 1. The van der Waals surface area contributed by atoms with E-state index in [0.29, 0.717) is 18.7 Å². The molecule has 0 saturated heterocycles. The third-order valence-corrected chi connectivity index (χ3v) is 3.96. The summed E-state index contributed by atoms with van der Waals surface area (Å²) in [6.07, 6.45) is -0.0842. The lowest BCUT2D eigenvalue weighted by Crippen LogP contribution is -2.05. The molecule has 24 heavy (non-hydrogen) atoms. The molecule has 0 spiro atoms. The van der Waals surface area contributed by atoms with Crippen molar-refractivity contribution in [3.05, 3.63) is 95.6 Å². The molecule has 122 valence electrons. The third kappa shape index (κ3) is 4.15. The van der Waals surface area contributed by atoms with Gasteiger partial charge >= 0.3 is 0 Å². The van der Waals surface area contributed by atoms with Gasteiger partial charge in [-0.25, -0.2) is 0 Å². The molecule has 0 aliphatic rings. The number of aliphatic hydroxyl groups is 1. The topological polar surface area (TPSA) is 55.5 Å². The third-order valence-electron chi connectivity index (χ3n) is 3.96. The van der Waals surface area contributed by atoms with Crippen LogP contribution in [0.15, 0.2) is 78.9 Å². The van der Waals surface area contributed by atoms with E-state index in [1.165, 1.54) is 0 Å². The highest BCUT2D eigenvalue weighted by Gasteiger charge is 2.11. The largest absolute Gasteiger partial charge is 0.489 e. The molecule has 0 amide bonds. The summed E-state index contributed by atoms with van der Waals surface area (Å²) in [6.45, 7) is 0.506. The van der Waals surface area contributed by atoms with Gasteiger partial charge in [-0.15, -0.1) is 0 Å². The van der Waals surface area contributed by atoms with Crippen LogP contribution in [0.4, 0.5) is 5.69 Å². The average Bonchev–Trinajstić information content (AvgIpc) is 2.63. The maximum atomic E-state index is 10.3. The Hall–Kier alpha value is -2.78. The summed E-state index contributed by atoms with van der Waals surface area (Å²) in [5, 5.41) is 10.3. The number of rotatable bonds is 6. The quantitative estimate of drug-likeness (QED) is 0.672. The Labute approximate surface area is 142 Å². The van der Waals surface area contributed by atoms with Crippen LogP contribution in [-0.4, -0.2) is 5.11 Å². The fourth-order valence-corrected chi connectivity index (χ4v) is 2.59. The summed E-state index contributed by atoms with van der Waals surface area (Å²) in [6, 6.07) is 25.2. The van der Waals surface area contributed by atoms with Crippen LogP contribution in [0.3, 0.4) is 0 Å². The van der Waals surface area contributed by atoms with Crippen molar-refractivity contribution in [2.45, 2.75) is 19.1 Å². The lowest BCUT2D eigenvalue weighted by atomic mass is 10.0. The van der Waals surface area contributed by atoms with Crippen LogP contribution < -0.4 is 10.5 Å². The van der Waals surface area contributed by atoms with Gasteiger partial charge in [-0.05, 0) is 22.8 Å². The van der Waals surface area contributed by atoms with Gasteiger partial charge < -0.3 is 15.6 Å². The van der Waals surface area contributed by atoms with Crippen molar-refractivity contribution >= 4 is 5.69 Å². The Kier molecular flexibility index (Phi) is 5.14. The first kappa shape index (κ1) is 16.1. The minimum absolute atomic E-state index is 0.481. The molecule has 1 unspecified atom stereocenters. The number of hydrogen-bond donors (Lipinski definition) is 2. The summed E-state index contributed by atoms with van der Waals surface area (Å²) >= 11 is 0. The average molecular weight is 319 g/mol. The van der Waals surface area contributed by atoms with Crippen LogP contribution in [0.1, 0.15) is 22.8 Å². The minimum atomic E-state index is -0.565. The molecule has 0 aromatic heterocycles. The Bertz CT molecular complexity index is 772. The first-order valence-electron chi connectivity index (χ1n) is 8.00. The predicted octanol–water partition coefficient (Wildman–Crippen LogP) is 4.12. The zero-order chi connectivity index (χ0) is 16.8. The summed E-state index contributed by atoms with van der Waals surface area (Å²) in [5.41, 5.74) is 9.68. The summed E-state index contributed by atoms with van der Waals surface area (Å²) in [5.74, 6) is 0.731. The Balaban J connectivity index is 1.64. The Morgan fingerprint density at radius 1 is 0.875 bits per heavy atom. The molecule has 1 atom stereocenters. The van der Waals surface area contributed by atoms with E-state index in [9.17, 15) is 5.11 Å². The molecule has 0 saturated carbocycles. The predicted molar refractivity (Wildman–Crippen MR) is 96.7 cm³/mol. The Morgan fingerprint density at radius 2 is 1.54 bits per heavy atom. The van der Waals surface area contributed by atoms with Crippen molar-refractivity contribution in [1.29, 1.82) is 0 Å². The van der Waals surface area contributed by atoms with Crippen LogP contribution in [-0.2, 0) is 13.0 Å². The maximum Gasteiger partial charge on any atom is 0.121 e. The van der Waals surface area contributed by atoms with E-state index in [1.807, 2.05) is 78.9 Å². The summed E-state index contributed by atoms with van der Waals surface area (Å²) < 4.78 is 5.77. The van der Waals surface area contributed by atoms with Gasteiger partial charge in [0.2, 0.25) is 0 Å². The SMILES string of the molecule is Nc1cc(OCc2ccccc2)ccc1CC(O)c1ccccc1. The molecular formula is C21H21NO2. The maximum absolute atomic E-state index is 10.3. The smallest absolute Gasteiger partial charge is 0.121 e. The van der Waals surface area contributed by atoms with Crippen LogP contribution in [0.5, 0.6) is 5.75 Å². The van der Waals surface area contributed by atoms with Crippen molar-refractivity contribution in [2.24, 2.45) is 0 Å². The van der Waals surface area contributed by atoms with E-state index in [0.717, 1.165) is 22.4 Å². The van der Waals surface area contributed by atoms with Gasteiger partial charge in [0.25, 0.3) is 0 Å². The van der Waals surface area contributed by atoms with E-state index >= 15 is 0 Å². The Morgan fingerprint density at radius 3 is 2.21 bits per heavy atom. The molecule has 0 aliphatic carbocycles. The van der Waals surface area contributed by atoms with Gasteiger partial charge in [0.15, 0.2) is 0 Å². The number of benzene rings is 3. The second kappa shape index (κ2) is 7.66. The summed E-state index contributed by atoms with van der Waals surface area (Å²) in [7, 11) is 0. The first-order valence-corrected chi connectivity index (χ1v) is 8.00. The lowest BCUT2D eigenvalue weighted by molar-refractivity contribution is 0.178. The molecule has 0 heterocycles. The number of nitrogens with two attached hydrogens (primary N) is 1. The van der Waals surface area contributed by atoms with E-state index in [-0.39, 0.29) is 0 Å². The van der Waals surface area contributed by atoms with E-state index in [4.69, 9.17) is 10.5 Å². The van der Waals surface area contributed by atoms with Gasteiger partial charge in [0.05, 0.1) is 6.10 Å². The highest BCUT2D eigenvalue weighted by atomic mass is 16.5. The lowest BCUT2D eigenvalue weighted by Gasteiger charge is -2.14. The van der Waals surface area contributed by atoms with E-state index < -0.39 is 6.10 Å². The zero-order valence-corrected chi connectivity index (χ0v) is 13.4. The van der Waals surface area contributed by atoms with Gasteiger partial charge in [-0.3, -0.25) is 0 Å². The molecule has 0 bridgehead atoms. The number of anilines is 1. The summed E-state index contributed by atoms with van der Waals surface area (Å²) in [4.78, 5) is 0. The molecule has 0 radical (unpaired) electrons. The number of hydrogen-bond acceptors (Lipinski definition) is 3. The van der Waals surface area contributed by atoms with E-state index in [1.54, 1.807) is 0 Å². The standard InChI is InChI=1S/C21H21NO2/c22-20-14-19(24-15-16-7-3-1-4-8-16)12-11-18(20)13-21(23)17-9-5-2-6-10-17/h1-12,14,21,23H,13,15,22H2. The van der Waals surface area contributed by atoms with Gasteiger partial charge in [0, 0.05) is 18.2 Å². The van der Waals surface area contributed by atoms with Crippen LogP contribution in [0.25, 0.3) is 0 Å². The van der Waals surface area contributed by atoms with Crippen LogP contribution in [0.2, 0.25) is 0 Å². The number of nitrogen functional groups attached to an aromatic ring is 1. The van der Waals surface area contributed by atoms with Crippen molar-refractivity contribution in [2.75, 3.05) is 5.73 Å². The van der Waals surface area contributed by atoms with Gasteiger partial charge in [0.1, 0.15) is 12.4 Å². The second-order valence-corrected chi connectivity index (χ2v) is 5.77. The zero-order valence-electron chi connectivity index (χ0n) is 13.4. The van der Waals surface area contributed by atoms with Gasteiger partial charge in [-0.1, -0.05) is 66.7 Å². The monoisotopic (exact) mass is 319 g/mol. The van der Waals surface area contributed by atoms with E-state index in [2.05, 4.69) is 0 Å². The molecule has 3 nitrogen and oxygen atoms in total. The molecule has 3 heteroatoms. The van der Waals surface area contributed by atoms with Crippen LogP contribution >= 0.6 is 0 Å². The molecule has 0 fully saturated rings.